The Morgan fingerprint density at radius 3 is 2.70 bits per heavy atom. The molecule has 2 saturated carbocycles. The lowest BCUT2D eigenvalue weighted by atomic mass is 10.0. The lowest BCUT2D eigenvalue weighted by molar-refractivity contribution is -0.384. The summed E-state index contributed by atoms with van der Waals surface area (Å²) in [6.07, 6.45) is 6.10. The van der Waals surface area contributed by atoms with Crippen molar-refractivity contribution in [3.63, 3.8) is 0 Å². The first-order chi connectivity index (χ1) is 9.57. The van der Waals surface area contributed by atoms with Crippen LogP contribution in [0.1, 0.15) is 44.7 Å². The van der Waals surface area contributed by atoms with Gasteiger partial charge in [0.1, 0.15) is 5.69 Å². The summed E-state index contributed by atoms with van der Waals surface area (Å²) in [5.74, 6) is 1.44. The summed E-state index contributed by atoms with van der Waals surface area (Å²) in [6.45, 7) is 5.34. The van der Waals surface area contributed by atoms with Crippen molar-refractivity contribution < 1.29 is 4.92 Å². The van der Waals surface area contributed by atoms with Crippen molar-refractivity contribution in [2.45, 2.75) is 52.5 Å². The van der Waals surface area contributed by atoms with E-state index in [1.165, 1.54) is 25.7 Å². The second kappa shape index (κ2) is 4.75. The van der Waals surface area contributed by atoms with E-state index in [0.29, 0.717) is 23.5 Å². The molecule has 6 nitrogen and oxygen atoms in total. The van der Waals surface area contributed by atoms with Crippen molar-refractivity contribution in [2.24, 2.45) is 11.3 Å². The molecule has 1 N–H and O–H groups in total. The lowest BCUT2D eigenvalue weighted by Gasteiger charge is -2.16. The van der Waals surface area contributed by atoms with Crippen LogP contribution in [0.15, 0.2) is 0 Å². The van der Waals surface area contributed by atoms with Gasteiger partial charge in [-0.05, 0) is 50.4 Å². The van der Waals surface area contributed by atoms with E-state index in [2.05, 4.69) is 17.3 Å². The lowest BCUT2D eigenvalue weighted by Crippen LogP contribution is -2.20. The minimum atomic E-state index is -0.312. The van der Waals surface area contributed by atoms with Gasteiger partial charge in [-0.25, -0.2) is 4.68 Å². The molecule has 0 bridgehead atoms. The highest BCUT2D eigenvalue weighted by molar-refractivity contribution is 5.59. The molecule has 6 heteroatoms. The van der Waals surface area contributed by atoms with Crippen LogP contribution in [0.5, 0.6) is 0 Å². The van der Waals surface area contributed by atoms with Gasteiger partial charge in [0, 0.05) is 13.1 Å². The Hall–Kier alpha value is -1.59. The van der Waals surface area contributed by atoms with Crippen LogP contribution in [0.4, 0.5) is 11.5 Å². The molecule has 2 aliphatic rings. The van der Waals surface area contributed by atoms with Gasteiger partial charge in [0.2, 0.25) is 5.82 Å². The first kappa shape index (κ1) is 13.4. The normalized spacial score (nSPS) is 19.9. The number of rotatable bonds is 7. The Kier molecular flexibility index (Phi) is 3.18. The van der Waals surface area contributed by atoms with Crippen LogP contribution in [0.3, 0.4) is 0 Å². The standard InChI is InChI=1S/C14H22N4O2/c1-3-8-17-13(12(18(19)20)10(2)16-17)15-9-14(6-7-14)11-4-5-11/h11,15H,3-9H2,1-2H3. The maximum absolute atomic E-state index is 11.3. The fourth-order valence-electron chi connectivity index (χ4n) is 3.18. The summed E-state index contributed by atoms with van der Waals surface area (Å²) in [7, 11) is 0. The zero-order valence-electron chi connectivity index (χ0n) is 12.2. The van der Waals surface area contributed by atoms with Crippen LogP contribution in [-0.2, 0) is 6.54 Å². The van der Waals surface area contributed by atoms with Gasteiger partial charge < -0.3 is 5.32 Å². The third kappa shape index (κ3) is 2.27. The highest BCUT2D eigenvalue weighted by atomic mass is 16.6. The number of hydrogen-bond acceptors (Lipinski definition) is 4. The molecule has 0 unspecified atom stereocenters. The number of hydrogen-bond donors (Lipinski definition) is 1. The van der Waals surface area contributed by atoms with Crippen molar-refractivity contribution in [1.29, 1.82) is 0 Å². The summed E-state index contributed by atoms with van der Waals surface area (Å²) >= 11 is 0. The molecule has 2 fully saturated rings. The van der Waals surface area contributed by atoms with Gasteiger partial charge in [0.25, 0.3) is 0 Å². The van der Waals surface area contributed by atoms with Gasteiger partial charge in [-0.15, -0.1) is 0 Å². The first-order valence-electron chi connectivity index (χ1n) is 7.53. The van der Waals surface area contributed by atoms with Gasteiger partial charge >= 0.3 is 5.69 Å². The summed E-state index contributed by atoms with van der Waals surface area (Å²) in [5, 5.41) is 18.9. The number of anilines is 1. The van der Waals surface area contributed by atoms with Gasteiger partial charge in [-0.2, -0.15) is 5.10 Å². The van der Waals surface area contributed by atoms with Crippen molar-refractivity contribution in [3.8, 4) is 0 Å². The molecule has 0 saturated heterocycles. The predicted molar refractivity (Wildman–Crippen MR) is 76.8 cm³/mol. The molecule has 3 rings (SSSR count). The average molecular weight is 278 g/mol. The van der Waals surface area contributed by atoms with E-state index in [4.69, 9.17) is 0 Å². The van der Waals surface area contributed by atoms with Crippen LogP contribution in [0.2, 0.25) is 0 Å². The largest absolute Gasteiger partial charge is 0.364 e. The van der Waals surface area contributed by atoms with Crippen LogP contribution >= 0.6 is 0 Å². The first-order valence-corrected chi connectivity index (χ1v) is 7.53. The molecule has 1 aromatic heterocycles. The van der Waals surface area contributed by atoms with Gasteiger partial charge in [-0.3, -0.25) is 10.1 Å². The SMILES string of the molecule is CCCn1nc(C)c([N+](=O)[O-])c1NCC1(C2CC2)CC1. The third-order valence-electron chi connectivity index (χ3n) is 4.66. The quantitative estimate of drug-likeness (QED) is 0.614. The zero-order chi connectivity index (χ0) is 14.3. The minimum Gasteiger partial charge on any atom is -0.364 e. The maximum atomic E-state index is 11.3. The van der Waals surface area contributed by atoms with E-state index in [1.54, 1.807) is 11.6 Å². The monoisotopic (exact) mass is 278 g/mol. The Morgan fingerprint density at radius 2 is 2.20 bits per heavy atom. The summed E-state index contributed by atoms with van der Waals surface area (Å²) < 4.78 is 1.76. The minimum absolute atomic E-state index is 0.144. The fraction of sp³-hybridized carbons (Fsp3) is 0.786. The van der Waals surface area contributed by atoms with Crippen LogP contribution in [0.25, 0.3) is 0 Å². The van der Waals surface area contributed by atoms with Crippen molar-refractivity contribution in [1.82, 2.24) is 9.78 Å². The highest BCUT2D eigenvalue weighted by Gasteiger charge is 2.53. The Balaban J connectivity index is 1.80. The summed E-state index contributed by atoms with van der Waals surface area (Å²) in [6, 6.07) is 0. The molecule has 110 valence electrons. The van der Waals surface area contributed by atoms with Crippen molar-refractivity contribution in [2.75, 3.05) is 11.9 Å². The third-order valence-corrected chi connectivity index (χ3v) is 4.66. The van der Waals surface area contributed by atoms with Crippen LogP contribution in [0, 0.1) is 28.4 Å². The van der Waals surface area contributed by atoms with Crippen LogP contribution < -0.4 is 5.32 Å². The molecule has 0 radical (unpaired) electrons. The molecule has 20 heavy (non-hydrogen) atoms. The number of nitrogens with one attached hydrogen (secondary N) is 1. The molecule has 2 aliphatic carbocycles. The second-order valence-corrected chi connectivity index (χ2v) is 6.25. The Labute approximate surface area is 118 Å². The molecular weight excluding hydrogens is 256 g/mol. The number of aromatic nitrogens is 2. The van der Waals surface area contributed by atoms with Crippen molar-refractivity contribution >= 4 is 11.5 Å². The van der Waals surface area contributed by atoms with E-state index in [9.17, 15) is 10.1 Å². The van der Waals surface area contributed by atoms with E-state index >= 15 is 0 Å². The predicted octanol–water partition coefficient (Wildman–Crippen LogP) is 3.11. The molecule has 0 atom stereocenters. The second-order valence-electron chi connectivity index (χ2n) is 6.25. The molecule has 0 spiro atoms. The fourth-order valence-corrected chi connectivity index (χ4v) is 3.18. The van der Waals surface area contributed by atoms with Gasteiger partial charge in [-0.1, -0.05) is 6.92 Å². The van der Waals surface area contributed by atoms with Crippen molar-refractivity contribution in [3.05, 3.63) is 15.8 Å². The molecular formula is C14H22N4O2. The molecule has 1 aromatic rings. The van der Waals surface area contributed by atoms with Gasteiger partial charge in [0.15, 0.2) is 0 Å². The topological polar surface area (TPSA) is 73.0 Å². The molecule has 0 aliphatic heterocycles. The molecule has 0 aromatic carbocycles. The van der Waals surface area contributed by atoms with E-state index in [-0.39, 0.29) is 10.6 Å². The molecule has 0 amide bonds. The smallest absolute Gasteiger partial charge is 0.333 e. The van der Waals surface area contributed by atoms with E-state index in [1.807, 2.05) is 0 Å². The maximum Gasteiger partial charge on any atom is 0.333 e. The van der Waals surface area contributed by atoms with E-state index in [0.717, 1.165) is 18.9 Å². The highest BCUT2D eigenvalue weighted by Crippen LogP contribution is 2.61. The summed E-state index contributed by atoms with van der Waals surface area (Å²) in [4.78, 5) is 10.9. The number of nitro groups is 1. The summed E-state index contributed by atoms with van der Waals surface area (Å²) in [5.41, 5.74) is 1.07. The number of nitrogens with zero attached hydrogens (tertiary/aromatic N) is 3. The average Bonchev–Trinajstić information content (AvgIpc) is 3.25. The van der Waals surface area contributed by atoms with Crippen LogP contribution in [-0.4, -0.2) is 21.2 Å². The number of aryl methyl sites for hydroxylation is 2. The Morgan fingerprint density at radius 1 is 1.50 bits per heavy atom. The van der Waals surface area contributed by atoms with E-state index < -0.39 is 0 Å². The zero-order valence-corrected chi connectivity index (χ0v) is 12.2. The Bertz CT molecular complexity index is 530. The van der Waals surface area contributed by atoms with Gasteiger partial charge in [0.05, 0.1) is 4.92 Å². The molecule has 1 heterocycles.